The lowest BCUT2D eigenvalue weighted by Crippen LogP contribution is -2.28. The fourth-order valence-corrected chi connectivity index (χ4v) is 4.87. The van der Waals surface area contributed by atoms with Gasteiger partial charge < -0.3 is 20.1 Å². The van der Waals surface area contributed by atoms with E-state index in [1.54, 1.807) is 0 Å². The highest BCUT2D eigenvalue weighted by atomic mass is 31.2. The van der Waals surface area contributed by atoms with E-state index in [1.165, 1.54) is 25.7 Å². The second-order valence-corrected chi connectivity index (χ2v) is 12.4. The Morgan fingerprint density at radius 1 is 0.674 bits per heavy atom. The third-order valence-corrected chi connectivity index (χ3v) is 7.59. The van der Waals surface area contributed by atoms with Crippen molar-refractivity contribution >= 4 is 13.8 Å². The van der Waals surface area contributed by atoms with Gasteiger partial charge in [-0.15, -0.1) is 0 Å². The van der Waals surface area contributed by atoms with Gasteiger partial charge in [0, 0.05) is 19.6 Å². The molecule has 0 aromatic rings. The second kappa shape index (κ2) is 34.3. The first-order valence-corrected chi connectivity index (χ1v) is 18.9. The molecule has 46 heavy (non-hydrogen) atoms. The molecule has 2 atom stereocenters. The quantitative estimate of drug-likeness (QED) is 0.0316. The molecule has 8 nitrogen and oxygen atoms in total. The van der Waals surface area contributed by atoms with Crippen molar-refractivity contribution in [2.45, 2.75) is 123 Å². The predicted octanol–water partition coefficient (Wildman–Crippen LogP) is 9.63. The van der Waals surface area contributed by atoms with Gasteiger partial charge in [-0.25, -0.2) is 4.57 Å². The van der Waals surface area contributed by atoms with Crippen LogP contribution in [-0.2, 0) is 27.9 Å². The molecule has 3 N–H and O–H groups in total. The number of nitrogens with two attached hydrogens (primary N) is 1. The summed E-state index contributed by atoms with van der Waals surface area (Å²) in [5.74, 6) is -0.418. The van der Waals surface area contributed by atoms with E-state index in [0.29, 0.717) is 13.0 Å². The van der Waals surface area contributed by atoms with Gasteiger partial charge in [0.05, 0.1) is 19.8 Å². The summed E-state index contributed by atoms with van der Waals surface area (Å²) in [6.07, 6.45) is 40.7. The van der Waals surface area contributed by atoms with Crippen LogP contribution in [0.5, 0.6) is 0 Å². The lowest BCUT2D eigenvalue weighted by Gasteiger charge is -2.19. The highest BCUT2D eigenvalue weighted by Gasteiger charge is 2.25. The number of ether oxygens (including phenoxy) is 2. The van der Waals surface area contributed by atoms with Gasteiger partial charge in [0.2, 0.25) is 0 Å². The number of unbranched alkanes of at least 4 members (excludes halogenated alkanes) is 7. The third kappa shape index (κ3) is 33.3. The van der Waals surface area contributed by atoms with Gasteiger partial charge in [-0.3, -0.25) is 13.8 Å². The maximum atomic E-state index is 12.4. The number of hydrogen-bond acceptors (Lipinski definition) is 7. The van der Waals surface area contributed by atoms with E-state index in [2.05, 4.69) is 74.6 Å². The molecule has 0 rings (SSSR count). The van der Waals surface area contributed by atoms with Gasteiger partial charge in [0.1, 0.15) is 6.10 Å². The molecule has 0 saturated heterocycles. The molecule has 2 unspecified atom stereocenters. The Hall–Kier alpha value is -2.06. The molecule has 264 valence electrons. The average Bonchev–Trinajstić information content (AvgIpc) is 3.04. The number of carbonyl (C=O) groups excluding carboxylic acids is 1. The van der Waals surface area contributed by atoms with Gasteiger partial charge in [-0.05, 0) is 64.2 Å². The number of esters is 1. The molecule has 0 fully saturated rings. The average molecular weight is 666 g/mol. The van der Waals surface area contributed by atoms with Crippen LogP contribution < -0.4 is 5.73 Å². The number of phosphoric ester groups is 1. The summed E-state index contributed by atoms with van der Waals surface area (Å²) in [5, 5.41) is 0. The Balaban J connectivity index is 4.28. The summed E-state index contributed by atoms with van der Waals surface area (Å²) in [6, 6.07) is 0. The second-order valence-electron chi connectivity index (χ2n) is 11.0. The zero-order valence-electron chi connectivity index (χ0n) is 28.8. The van der Waals surface area contributed by atoms with Crippen LogP contribution in [-0.4, -0.2) is 49.9 Å². The van der Waals surface area contributed by atoms with Crippen LogP contribution in [0.1, 0.15) is 117 Å². The minimum absolute atomic E-state index is 0.0760. The van der Waals surface area contributed by atoms with Crippen LogP contribution >= 0.6 is 7.82 Å². The Kier molecular flexibility index (Phi) is 32.7. The minimum Gasteiger partial charge on any atom is -0.457 e. The van der Waals surface area contributed by atoms with Gasteiger partial charge in [0.15, 0.2) is 0 Å². The zero-order chi connectivity index (χ0) is 33.8. The number of carbonyl (C=O) groups is 1. The summed E-state index contributed by atoms with van der Waals surface area (Å²) in [7, 11) is -4.29. The van der Waals surface area contributed by atoms with Crippen molar-refractivity contribution in [3.8, 4) is 0 Å². The van der Waals surface area contributed by atoms with Crippen molar-refractivity contribution in [1.29, 1.82) is 0 Å². The molecule has 0 aliphatic heterocycles. The summed E-state index contributed by atoms with van der Waals surface area (Å²) in [6.45, 7) is 4.57. The largest absolute Gasteiger partial charge is 0.472 e. The maximum absolute atomic E-state index is 12.4. The fraction of sp³-hybridized carbons (Fsp3) is 0.649. The van der Waals surface area contributed by atoms with Gasteiger partial charge in [0.25, 0.3) is 0 Å². The highest BCUT2D eigenvalue weighted by molar-refractivity contribution is 7.47. The van der Waals surface area contributed by atoms with Crippen molar-refractivity contribution < 1.29 is 32.8 Å². The lowest BCUT2D eigenvalue weighted by atomic mass is 10.1. The minimum atomic E-state index is -4.29. The monoisotopic (exact) mass is 665 g/mol. The van der Waals surface area contributed by atoms with E-state index in [1.807, 2.05) is 12.2 Å². The molecule has 0 aliphatic carbocycles. The van der Waals surface area contributed by atoms with E-state index in [9.17, 15) is 14.3 Å². The van der Waals surface area contributed by atoms with Crippen LogP contribution in [0.3, 0.4) is 0 Å². The SMILES string of the molecule is CC/C=C\C/C=C\C/C=C\C/C=C\CCC(=O)OC(COCCCCCCCC/C=C\C/C=C\CCC)COP(=O)(O)OCCN. The third-order valence-electron chi connectivity index (χ3n) is 6.60. The summed E-state index contributed by atoms with van der Waals surface area (Å²) >= 11 is 0. The van der Waals surface area contributed by atoms with Gasteiger partial charge in [-0.1, -0.05) is 119 Å². The predicted molar refractivity (Wildman–Crippen MR) is 192 cm³/mol. The Morgan fingerprint density at radius 3 is 1.83 bits per heavy atom. The zero-order valence-corrected chi connectivity index (χ0v) is 29.7. The fourth-order valence-electron chi connectivity index (χ4n) is 4.10. The first-order valence-electron chi connectivity index (χ1n) is 17.4. The number of phosphoric acid groups is 1. The Labute approximate surface area is 280 Å². The lowest BCUT2D eigenvalue weighted by molar-refractivity contribution is -0.154. The van der Waals surface area contributed by atoms with E-state index < -0.39 is 19.9 Å². The van der Waals surface area contributed by atoms with Crippen LogP contribution in [0, 0.1) is 0 Å². The summed E-state index contributed by atoms with van der Waals surface area (Å²) < 4.78 is 33.1. The molecule has 9 heteroatoms. The van der Waals surface area contributed by atoms with Crippen LogP contribution in [0.15, 0.2) is 72.9 Å². The molecule has 0 aliphatic rings. The van der Waals surface area contributed by atoms with Crippen LogP contribution in [0.2, 0.25) is 0 Å². The molecular weight excluding hydrogens is 601 g/mol. The molecule has 0 bridgehead atoms. The van der Waals surface area contributed by atoms with Crippen molar-refractivity contribution in [2.24, 2.45) is 5.73 Å². The van der Waals surface area contributed by atoms with E-state index >= 15 is 0 Å². The van der Waals surface area contributed by atoms with Crippen molar-refractivity contribution in [1.82, 2.24) is 0 Å². The van der Waals surface area contributed by atoms with Crippen molar-refractivity contribution in [3.63, 3.8) is 0 Å². The van der Waals surface area contributed by atoms with Gasteiger partial charge in [-0.2, -0.15) is 0 Å². The molecular formula is C37H64NO7P. The molecule has 0 heterocycles. The molecule has 0 spiro atoms. The van der Waals surface area contributed by atoms with Crippen LogP contribution in [0.25, 0.3) is 0 Å². The highest BCUT2D eigenvalue weighted by Crippen LogP contribution is 2.43. The first kappa shape index (κ1) is 43.9. The topological polar surface area (TPSA) is 117 Å². The molecule has 0 aromatic heterocycles. The molecule has 0 saturated carbocycles. The summed E-state index contributed by atoms with van der Waals surface area (Å²) in [4.78, 5) is 22.3. The van der Waals surface area contributed by atoms with Crippen molar-refractivity contribution in [3.05, 3.63) is 72.9 Å². The maximum Gasteiger partial charge on any atom is 0.472 e. The van der Waals surface area contributed by atoms with Gasteiger partial charge >= 0.3 is 13.8 Å². The number of allylic oxidation sites excluding steroid dienone is 12. The summed E-state index contributed by atoms with van der Waals surface area (Å²) in [5.41, 5.74) is 5.33. The Morgan fingerprint density at radius 2 is 1.22 bits per heavy atom. The van der Waals surface area contributed by atoms with E-state index in [4.69, 9.17) is 24.3 Å². The molecule has 0 radical (unpaired) electrons. The number of hydrogen-bond donors (Lipinski definition) is 2. The Bertz CT molecular complexity index is 927. The normalized spacial score (nSPS) is 14.6. The van der Waals surface area contributed by atoms with Crippen LogP contribution in [0.4, 0.5) is 0 Å². The smallest absolute Gasteiger partial charge is 0.457 e. The molecule has 0 aromatic carbocycles. The van der Waals surface area contributed by atoms with Crippen molar-refractivity contribution in [2.75, 3.05) is 33.0 Å². The standard InChI is InChI=1S/C37H64NO7P/c1-3-5-7-9-11-13-15-17-19-21-23-25-27-29-32-42-34-36(35-44-46(40,41)43-33-31-38)45-37(39)30-28-26-24-22-20-18-16-14-12-10-8-6-4-2/h6-9,12-15,18,20,24,26,36H,3-5,10-11,16-17,19,21-23,25,27-35,38H2,1-2H3,(H,40,41)/b8-6-,9-7-,14-12-,15-13-,20-18-,26-24-. The van der Waals surface area contributed by atoms with E-state index in [0.717, 1.165) is 64.2 Å². The number of rotatable bonds is 32. The molecule has 0 amide bonds. The first-order chi connectivity index (χ1) is 22.4. The van der Waals surface area contributed by atoms with E-state index in [-0.39, 0.29) is 32.8 Å².